The van der Waals surface area contributed by atoms with Gasteiger partial charge in [0, 0.05) is 31.7 Å². The number of piperazine rings is 1. The Morgan fingerprint density at radius 1 is 1.29 bits per heavy atom. The summed E-state index contributed by atoms with van der Waals surface area (Å²) in [6.07, 6.45) is 7.12. The summed E-state index contributed by atoms with van der Waals surface area (Å²) in [6.45, 7) is 3.58. The van der Waals surface area contributed by atoms with E-state index in [2.05, 4.69) is 36.3 Å². The van der Waals surface area contributed by atoms with Gasteiger partial charge in [0.05, 0.1) is 0 Å². The maximum atomic E-state index is 3.69. The van der Waals surface area contributed by atoms with Crippen molar-refractivity contribution < 1.29 is 0 Å². The van der Waals surface area contributed by atoms with Gasteiger partial charge in [-0.25, -0.2) is 0 Å². The summed E-state index contributed by atoms with van der Waals surface area (Å²) < 4.78 is 0. The summed E-state index contributed by atoms with van der Waals surface area (Å²) in [5.41, 5.74) is 0. The Labute approximate surface area is 107 Å². The summed E-state index contributed by atoms with van der Waals surface area (Å²) in [5, 5.41) is 3.69. The van der Waals surface area contributed by atoms with E-state index in [9.17, 15) is 0 Å². The second-order valence-corrected chi connectivity index (χ2v) is 6.22. The molecule has 0 aromatic rings. The number of rotatable bonds is 4. The van der Waals surface area contributed by atoms with Crippen LogP contribution in [0.5, 0.6) is 0 Å². The summed E-state index contributed by atoms with van der Waals surface area (Å²) in [7, 11) is 6.76. The van der Waals surface area contributed by atoms with Gasteiger partial charge in [0.2, 0.25) is 0 Å². The van der Waals surface area contributed by atoms with Gasteiger partial charge in [-0.15, -0.1) is 0 Å². The van der Waals surface area contributed by atoms with Gasteiger partial charge in [0.15, 0.2) is 0 Å². The molecule has 0 aromatic heterocycles. The van der Waals surface area contributed by atoms with E-state index in [1.807, 2.05) is 0 Å². The maximum absolute atomic E-state index is 3.69. The second-order valence-electron chi connectivity index (χ2n) is 6.22. The van der Waals surface area contributed by atoms with Crippen molar-refractivity contribution >= 4 is 0 Å². The van der Waals surface area contributed by atoms with E-state index in [4.69, 9.17) is 0 Å². The van der Waals surface area contributed by atoms with Gasteiger partial charge in [-0.1, -0.05) is 12.8 Å². The molecule has 0 bridgehead atoms. The van der Waals surface area contributed by atoms with Crippen molar-refractivity contribution in [3.05, 3.63) is 0 Å². The Hall–Kier alpha value is -0.120. The summed E-state index contributed by atoms with van der Waals surface area (Å²) >= 11 is 0. The van der Waals surface area contributed by atoms with Crippen molar-refractivity contribution in [3.8, 4) is 0 Å². The molecule has 2 fully saturated rings. The van der Waals surface area contributed by atoms with Gasteiger partial charge in [-0.3, -0.25) is 0 Å². The molecule has 1 saturated carbocycles. The first-order valence-electron chi connectivity index (χ1n) is 7.25. The van der Waals surface area contributed by atoms with Crippen LogP contribution in [-0.2, 0) is 0 Å². The summed E-state index contributed by atoms with van der Waals surface area (Å²) in [6, 6.07) is 1.48. The number of likely N-dealkylation sites (N-methyl/N-ethyl adjacent to an activating group) is 1. The summed E-state index contributed by atoms with van der Waals surface area (Å²) in [5.74, 6) is 0.944. The van der Waals surface area contributed by atoms with Crippen molar-refractivity contribution in [2.75, 3.05) is 40.8 Å². The molecule has 0 aromatic carbocycles. The van der Waals surface area contributed by atoms with Crippen LogP contribution in [0.4, 0.5) is 0 Å². The minimum absolute atomic E-state index is 0.696. The first kappa shape index (κ1) is 13.3. The highest BCUT2D eigenvalue weighted by atomic mass is 15.2. The first-order valence-corrected chi connectivity index (χ1v) is 7.25. The lowest BCUT2D eigenvalue weighted by Gasteiger charge is -2.37. The molecule has 100 valence electrons. The van der Waals surface area contributed by atoms with E-state index in [0.29, 0.717) is 6.04 Å². The Balaban J connectivity index is 1.87. The lowest BCUT2D eigenvalue weighted by molar-refractivity contribution is 0.152. The van der Waals surface area contributed by atoms with E-state index in [-0.39, 0.29) is 0 Å². The standard InChI is InChI=1S/C14H29N3/c1-16(2)14(12-6-4-5-7-12)10-13-11-17(3)9-8-15-13/h12-15H,4-11H2,1-3H3. The van der Waals surface area contributed by atoms with Gasteiger partial charge in [0.1, 0.15) is 0 Å². The average molecular weight is 239 g/mol. The van der Waals surface area contributed by atoms with Crippen LogP contribution in [0, 0.1) is 5.92 Å². The van der Waals surface area contributed by atoms with Crippen molar-refractivity contribution in [2.45, 2.75) is 44.2 Å². The van der Waals surface area contributed by atoms with Crippen LogP contribution in [0.2, 0.25) is 0 Å². The first-order chi connectivity index (χ1) is 8.16. The highest BCUT2D eigenvalue weighted by Crippen LogP contribution is 2.31. The molecule has 1 N–H and O–H groups in total. The van der Waals surface area contributed by atoms with Gasteiger partial charge in [-0.2, -0.15) is 0 Å². The molecule has 2 aliphatic rings. The molecule has 1 aliphatic carbocycles. The topological polar surface area (TPSA) is 18.5 Å². The third-order valence-corrected chi connectivity index (χ3v) is 4.59. The molecule has 0 radical (unpaired) electrons. The molecule has 17 heavy (non-hydrogen) atoms. The van der Waals surface area contributed by atoms with Crippen LogP contribution in [-0.4, -0.2) is 62.7 Å². The number of nitrogens with one attached hydrogen (secondary N) is 1. The molecule has 3 nitrogen and oxygen atoms in total. The summed E-state index contributed by atoms with van der Waals surface area (Å²) in [4.78, 5) is 4.93. The fraction of sp³-hybridized carbons (Fsp3) is 1.00. The van der Waals surface area contributed by atoms with Crippen LogP contribution in [0.1, 0.15) is 32.1 Å². The average Bonchev–Trinajstić information content (AvgIpc) is 2.78. The lowest BCUT2D eigenvalue weighted by atomic mass is 9.91. The molecule has 2 atom stereocenters. The zero-order valence-electron chi connectivity index (χ0n) is 11.8. The lowest BCUT2D eigenvalue weighted by Crippen LogP contribution is -2.52. The SMILES string of the molecule is CN1CCNC(CC(C2CCCC2)N(C)C)C1. The van der Waals surface area contributed by atoms with E-state index in [1.54, 1.807) is 0 Å². The Bertz CT molecular complexity index is 224. The molecule has 2 unspecified atom stereocenters. The maximum Gasteiger partial charge on any atom is 0.0210 e. The Morgan fingerprint density at radius 3 is 2.59 bits per heavy atom. The van der Waals surface area contributed by atoms with Gasteiger partial charge in [0.25, 0.3) is 0 Å². The van der Waals surface area contributed by atoms with Gasteiger partial charge in [-0.05, 0) is 46.3 Å². The van der Waals surface area contributed by atoms with Gasteiger partial charge >= 0.3 is 0 Å². The Kier molecular flexibility index (Phi) is 4.83. The van der Waals surface area contributed by atoms with Crippen LogP contribution in [0.25, 0.3) is 0 Å². The molecule has 1 saturated heterocycles. The number of hydrogen-bond acceptors (Lipinski definition) is 3. The van der Waals surface area contributed by atoms with Crippen molar-refractivity contribution in [2.24, 2.45) is 5.92 Å². The third kappa shape index (κ3) is 3.67. The van der Waals surface area contributed by atoms with Crippen LogP contribution in [0.3, 0.4) is 0 Å². The fourth-order valence-electron chi connectivity index (χ4n) is 3.61. The molecular weight excluding hydrogens is 210 g/mol. The van der Waals surface area contributed by atoms with Crippen molar-refractivity contribution in [3.63, 3.8) is 0 Å². The van der Waals surface area contributed by atoms with E-state index < -0.39 is 0 Å². The minimum atomic E-state index is 0.696. The zero-order valence-corrected chi connectivity index (χ0v) is 11.8. The van der Waals surface area contributed by atoms with Crippen molar-refractivity contribution in [1.82, 2.24) is 15.1 Å². The molecule has 2 rings (SSSR count). The van der Waals surface area contributed by atoms with Gasteiger partial charge < -0.3 is 15.1 Å². The zero-order chi connectivity index (χ0) is 12.3. The van der Waals surface area contributed by atoms with Crippen LogP contribution in [0.15, 0.2) is 0 Å². The van der Waals surface area contributed by atoms with Crippen molar-refractivity contribution in [1.29, 1.82) is 0 Å². The predicted molar refractivity (Wildman–Crippen MR) is 73.3 cm³/mol. The van der Waals surface area contributed by atoms with E-state index in [0.717, 1.165) is 18.5 Å². The minimum Gasteiger partial charge on any atom is -0.311 e. The molecule has 1 heterocycles. The third-order valence-electron chi connectivity index (χ3n) is 4.59. The molecule has 0 spiro atoms. The number of hydrogen-bond donors (Lipinski definition) is 1. The molecule has 0 amide bonds. The highest BCUT2D eigenvalue weighted by molar-refractivity contribution is 4.87. The molecule has 1 aliphatic heterocycles. The monoisotopic (exact) mass is 239 g/mol. The predicted octanol–water partition coefficient (Wildman–Crippen LogP) is 1.40. The second kappa shape index (κ2) is 6.17. The molecular formula is C14H29N3. The van der Waals surface area contributed by atoms with Crippen LogP contribution >= 0.6 is 0 Å². The Morgan fingerprint density at radius 2 is 2.00 bits per heavy atom. The van der Waals surface area contributed by atoms with E-state index >= 15 is 0 Å². The normalized spacial score (nSPS) is 30.0. The largest absolute Gasteiger partial charge is 0.311 e. The van der Waals surface area contributed by atoms with E-state index in [1.165, 1.54) is 45.2 Å². The number of nitrogens with zero attached hydrogens (tertiary/aromatic N) is 2. The quantitative estimate of drug-likeness (QED) is 0.800. The smallest absolute Gasteiger partial charge is 0.0210 e. The van der Waals surface area contributed by atoms with Crippen LogP contribution < -0.4 is 5.32 Å². The fourth-order valence-corrected chi connectivity index (χ4v) is 3.61. The highest BCUT2D eigenvalue weighted by Gasteiger charge is 2.29. The molecule has 3 heteroatoms.